The first-order chi connectivity index (χ1) is 13.5. The van der Waals surface area contributed by atoms with Gasteiger partial charge in [0.2, 0.25) is 0 Å². The maximum Gasteiger partial charge on any atom is 0.281 e. The highest BCUT2D eigenvalue weighted by Gasteiger charge is 2.19. The lowest BCUT2D eigenvalue weighted by Gasteiger charge is -2.15. The number of nitrogens with zero attached hydrogens (tertiary/aromatic N) is 1. The van der Waals surface area contributed by atoms with Gasteiger partial charge in [-0.1, -0.05) is 12.8 Å². The Kier molecular flexibility index (Phi) is 6.69. The van der Waals surface area contributed by atoms with Crippen molar-refractivity contribution in [3.63, 3.8) is 0 Å². The van der Waals surface area contributed by atoms with E-state index >= 15 is 0 Å². The second-order valence-corrected chi connectivity index (χ2v) is 7.94. The Morgan fingerprint density at radius 1 is 1.18 bits per heavy atom. The number of amides is 1. The summed E-state index contributed by atoms with van der Waals surface area (Å²) in [4.78, 5) is 17.6. The molecule has 1 aromatic heterocycles. The molecule has 0 radical (unpaired) electrons. The lowest BCUT2D eigenvalue weighted by Crippen LogP contribution is -2.49. The number of carbonyl (C=O) groups is 1. The predicted octanol–water partition coefficient (Wildman–Crippen LogP) is 3.19. The van der Waals surface area contributed by atoms with Gasteiger partial charge in [0.05, 0.1) is 19.9 Å². The first-order valence-electron chi connectivity index (χ1n) is 9.08. The van der Waals surface area contributed by atoms with Crippen molar-refractivity contribution in [3.8, 4) is 22.1 Å². The van der Waals surface area contributed by atoms with Crippen LogP contribution in [-0.2, 0) is 0 Å². The van der Waals surface area contributed by atoms with E-state index in [0.29, 0.717) is 33.2 Å². The third-order valence-corrected chi connectivity index (χ3v) is 6.04. The fraction of sp³-hybridized carbons (Fsp3) is 0.421. The Balaban J connectivity index is 1.66. The number of hydrogen-bond donors (Lipinski definition) is 3. The van der Waals surface area contributed by atoms with Crippen molar-refractivity contribution < 1.29 is 14.3 Å². The van der Waals surface area contributed by atoms with Gasteiger partial charge in [-0.3, -0.25) is 15.6 Å². The molecule has 0 spiro atoms. The number of aromatic nitrogens is 1. The lowest BCUT2D eigenvalue weighted by molar-refractivity contribution is 0.0947. The molecule has 0 aliphatic heterocycles. The van der Waals surface area contributed by atoms with Crippen molar-refractivity contribution in [1.82, 2.24) is 21.2 Å². The van der Waals surface area contributed by atoms with Crippen LogP contribution in [0.2, 0.25) is 0 Å². The molecular formula is C19H24N4O3S2. The van der Waals surface area contributed by atoms with Crippen molar-refractivity contribution in [3.05, 3.63) is 28.8 Å². The molecule has 1 saturated carbocycles. The van der Waals surface area contributed by atoms with Gasteiger partial charge in [-0.15, -0.1) is 11.3 Å². The van der Waals surface area contributed by atoms with Crippen LogP contribution in [0.1, 0.15) is 41.0 Å². The number of rotatable bonds is 5. The van der Waals surface area contributed by atoms with E-state index in [1.54, 1.807) is 14.2 Å². The summed E-state index contributed by atoms with van der Waals surface area (Å²) in [5.74, 6) is 0.992. The molecule has 1 fully saturated rings. The maximum absolute atomic E-state index is 12.5. The number of hydrazine groups is 1. The average molecular weight is 421 g/mol. The summed E-state index contributed by atoms with van der Waals surface area (Å²) in [6.07, 6.45) is 4.65. The van der Waals surface area contributed by atoms with E-state index in [1.807, 2.05) is 25.1 Å². The van der Waals surface area contributed by atoms with Crippen LogP contribution in [0.3, 0.4) is 0 Å². The minimum absolute atomic E-state index is 0.266. The Labute approximate surface area is 173 Å². The monoisotopic (exact) mass is 420 g/mol. The van der Waals surface area contributed by atoms with E-state index in [9.17, 15) is 4.79 Å². The summed E-state index contributed by atoms with van der Waals surface area (Å²) < 4.78 is 10.6. The number of thiocarbonyl (C=S) groups is 1. The number of methoxy groups -OCH3 is 2. The van der Waals surface area contributed by atoms with Crippen LogP contribution in [0, 0.1) is 6.92 Å². The molecule has 7 nitrogen and oxygen atoms in total. The van der Waals surface area contributed by atoms with Crippen LogP contribution in [0.4, 0.5) is 0 Å². The van der Waals surface area contributed by atoms with Gasteiger partial charge in [-0.25, -0.2) is 4.98 Å². The highest BCUT2D eigenvalue weighted by Crippen LogP contribution is 2.34. The van der Waals surface area contributed by atoms with Gasteiger partial charge in [0.1, 0.15) is 9.88 Å². The molecule has 1 aromatic carbocycles. The normalized spacial score (nSPS) is 13.8. The van der Waals surface area contributed by atoms with Crippen LogP contribution in [0.5, 0.6) is 11.5 Å². The van der Waals surface area contributed by atoms with E-state index in [0.717, 1.165) is 23.4 Å². The van der Waals surface area contributed by atoms with Crippen molar-refractivity contribution in [2.24, 2.45) is 0 Å². The van der Waals surface area contributed by atoms with Crippen LogP contribution in [0.25, 0.3) is 10.6 Å². The SMILES string of the molecule is COc1ccc(-c2nc(C)c(C(=O)NNC(=S)NC3CCCC3)s2)cc1OC. The Morgan fingerprint density at radius 2 is 1.89 bits per heavy atom. The largest absolute Gasteiger partial charge is 0.493 e. The zero-order valence-corrected chi connectivity index (χ0v) is 17.8. The van der Waals surface area contributed by atoms with Gasteiger partial charge in [-0.05, 0) is 50.2 Å². The molecule has 150 valence electrons. The third kappa shape index (κ3) is 4.71. The quantitative estimate of drug-likeness (QED) is 0.506. The predicted molar refractivity (Wildman–Crippen MR) is 114 cm³/mol. The molecule has 3 N–H and O–H groups in total. The number of ether oxygens (including phenoxy) is 2. The molecule has 0 saturated heterocycles. The van der Waals surface area contributed by atoms with Crippen molar-refractivity contribution in [2.45, 2.75) is 38.6 Å². The zero-order valence-electron chi connectivity index (χ0n) is 16.1. The van der Waals surface area contributed by atoms with E-state index in [-0.39, 0.29) is 5.91 Å². The van der Waals surface area contributed by atoms with Gasteiger partial charge in [-0.2, -0.15) is 0 Å². The molecular weight excluding hydrogens is 396 g/mol. The minimum Gasteiger partial charge on any atom is -0.493 e. The highest BCUT2D eigenvalue weighted by molar-refractivity contribution is 7.80. The highest BCUT2D eigenvalue weighted by atomic mass is 32.1. The van der Waals surface area contributed by atoms with Crippen LogP contribution in [0.15, 0.2) is 18.2 Å². The number of thiazole rings is 1. The molecule has 0 atom stereocenters. The fourth-order valence-electron chi connectivity index (χ4n) is 3.16. The molecule has 1 amide bonds. The number of aryl methyl sites for hydroxylation is 1. The fourth-order valence-corrected chi connectivity index (χ4v) is 4.34. The van der Waals surface area contributed by atoms with Crippen LogP contribution < -0.4 is 25.6 Å². The van der Waals surface area contributed by atoms with Crippen molar-refractivity contribution in [1.29, 1.82) is 0 Å². The Hall–Kier alpha value is -2.39. The van der Waals surface area contributed by atoms with Crippen molar-refractivity contribution in [2.75, 3.05) is 14.2 Å². The Bertz CT molecular complexity index is 863. The van der Waals surface area contributed by atoms with E-state index in [1.165, 1.54) is 24.2 Å². The first kappa shape index (κ1) is 20.3. The van der Waals surface area contributed by atoms with Crippen molar-refractivity contribution >= 4 is 34.6 Å². The molecule has 1 aliphatic rings. The van der Waals surface area contributed by atoms with Gasteiger partial charge >= 0.3 is 0 Å². The number of hydrogen-bond acceptors (Lipinski definition) is 6. The zero-order chi connectivity index (χ0) is 20.1. The molecule has 9 heteroatoms. The van der Waals surface area contributed by atoms with E-state index in [4.69, 9.17) is 21.7 Å². The van der Waals surface area contributed by atoms with E-state index in [2.05, 4.69) is 21.2 Å². The first-order valence-corrected chi connectivity index (χ1v) is 10.3. The van der Waals surface area contributed by atoms with Crippen LogP contribution in [-0.4, -0.2) is 36.3 Å². The smallest absolute Gasteiger partial charge is 0.281 e. The molecule has 28 heavy (non-hydrogen) atoms. The Morgan fingerprint density at radius 3 is 2.57 bits per heavy atom. The summed E-state index contributed by atoms with van der Waals surface area (Å²) in [7, 11) is 3.17. The van der Waals surface area contributed by atoms with Gasteiger partial charge in [0.15, 0.2) is 16.6 Å². The molecule has 0 unspecified atom stereocenters. The summed E-state index contributed by atoms with van der Waals surface area (Å²) >= 11 is 6.56. The lowest BCUT2D eigenvalue weighted by atomic mass is 10.2. The number of benzene rings is 1. The summed E-state index contributed by atoms with van der Waals surface area (Å²) in [6.45, 7) is 1.81. The minimum atomic E-state index is -0.266. The second kappa shape index (κ2) is 9.20. The summed E-state index contributed by atoms with van der Waals surface area (Å²) in [5, 5.41) is 4.39. The molecule has 3 rings (SSSR count). The standard InChI is InChI=1S/C19H24N4O3S2/c1-11-16(17(24)22-23-19(27)21-13-6-4-5-7-13)28-18(20-11)12-8-9-14(25-2)15(10-12)26-3/h8-10,13H,4-7H2,1-3H3,(H,22,24)(H2,21,23,27). The van der Waals surface area contributed by atoms with Gasteiger partial charge < -0.3 is 14.8 Å². The average Bonchev–Trinajstić information content (AvgIpc) is 3.35. The van der Waals surface area contributed by atoms with E-state index < -0.39 is 0 Å². The topological polar surface area (TPSA) is 84.5 Å². The van der Waals surface area contributed by atoms with Crippen LogP contribution >= 0.6 is 23.6 Å². The summed E-state index contributed by atoms with van der Waals surface area (Å²) in [5.41, 5.74) is 6.95. The molecule has 2 aromatic rings. The molecule has 1 aliphatic carbocycles. The summed E-state index contributed by atoms with van der Waals surface area (Å²) in [6, 6.07) is 5.94. The van der Waals surface area contributed by atoms with Gasteiger partial charge in [0, 0.05) is 11.6 Å². The second-order valence-electron chi connectivity index (χ2n) is 6.54. The number of nitrogens with one attached hydrogen (secondary N) is 3. The molecule has 0 bridgehead atoms. The molecule has 1 heterocycles. The van der Waals surface area contributed by atoms with Gasteiger partial charge in [0.25, 0.3) is 5.91 Å². The maximum atomic E-state index is 12.5. The third-order valence-electron chi connectivity index (χ3n) is 4.61. The number of carbonyl (C=O) groups excluding carboxylic acids is 1.